The first-order chi connectivity index (χ1) is 7.80. The first-order valence-electron chi connectivity index (χ1n) is 4.96. The molecule has 0 aliphatic heterocycles. The van der Waals surface area contributed by atoms with Gasteiger partial charge in [-0.05, 0) is 5.56 Å². The summed E-state index contributed by atoms with van der Waals surface area (Å²) in [5, 5.41) is 0. The fourth-order valence-corrected chi connectivity index (χ4v) is 2.52. The van der Waals surface area contributed by atoms with E-state index in [9.17, 15) is 0 Å². The van der Waals surface area contributed by atoms with Crippen molar-refractivity contribution in [3.8, 4) is 0 Å². The Morgan fingerprint density at radius 2 is 1.69 bits per heavy atom. The van der Waals surface area contributed by atoms with E-state index in [0.717, 1.165) is 6.04 Å². The zero-order chi connectivity index (χ0) is 11.8. The summed E-state index contributed by atoms with van der Waals surface area (Å²) in [5.41, 5.74) is 1.18. The van der Waals surface area contributed by atoms with Crippen molar-refractivity contribution < 1.29 is 18.3 Å². The molecule has 1 radical (unpaired) electrons. The number of rotatable bonds is 7. The van der Waals surface area contributed by atoms with Crippen molar-refractivity contribution in [3.05, 3.63) is 35.9 Å². The molecule has 0 aliphatic rings. The molecular formula is C11H17O4Si. The molecule has 16 heavy (non-hydrogen) atoms. The van der Waals surface area contributed by atoms with E-state index in [1.807, 2.05) is 30.3 Å². The predicted octanol–water partition coefficient (Wildman–Crippen LogP) is 1.50. The second-order valence-electron chi connectivity index (χ2n) is 3.12. The van der Waals surface area contributed by atoms with Gasteiger partial charge >= 0.3 is 9.28 Å². The topological polar surface area (TPSA) is 36.9 Å². The summed E-state index contributed by atoms with van der Waals surface area (Å²) in [4.78, 5) is 0. The summed E-state index contributed by atoms with van der Waals surface area (Å²) in [6.07, 6.45) is 0. The van der Waals surface area contributed by atoms with Crippen LogP contribution in [0, 0.1) is 0 Å². The molecule has 0 heterocycles. The van der Waals surface area contributed by atoms with Gasteiger partial charge in [-0.25, -0.2) is 0 Å². The fraction of sp³-hybridized carbons (Fsp3) is 0.455. The SMILES string of the molecule is COC(OC)O[Si](Cc1ccccc1)OC. The molecule has 0 spiro atoms. The molecule has 1 rings (SSSR count). The largest absolute Gasteiger partial charge is 0.396 e. The highest BCUT2D eigenvalue weighted by Gasteiger charge is 2.20. The summed E-state index contributed by atoms with van der Waals surface area (Å²) in [6, 6.07) is 10.8. The van der Waals surface area contributed by atoms with E-state index in [-0.39, 0.29) is 0 Å². The molecule has 5 heteroatoms. The molecule has 0 bridgehead atoms. The van der Waals surface area contributed by atoms with Gasteiger partial charge in [0.1, 0.15) is 0 Å². The van der Waals surface area contributed by atoms with Crippen LogP contribution in [0.2, 0.25) is 0 Å². The minimum atomic E-state index is -1.41. The molecule has 1 aromatic carbocycles. The van der Waals surface area contributed by atoms with Crippen LogP contribution >= 0.6 is 0 Å². The third-order valence-electron chi connectivity index (χ3n) is 2.03. The average Bonchev–Trinajstić information content (AvgIpc) is 2.35. The first-order valence-corrected chi connectivity index (χ1v) is 6.48. The maximum atomic E-state index is 5.54. The molecule has 0 fully saturated rings. The summed E-state index contributed by atoms with van der Waals surface area (Å²) in [6.45, 7) is -0.655. The minimum absolute atomic E-state index is 0.655. The van der Waals surface area contributed by atoms with Gasteiger partial charge in [-0.3, -0.25) is 0 Å². The maximum absolute atomic E-state index is 5.54. The van der Waals surface area contributed by atoms with E-state index in [4.69, 9.17) is 18.3 Å². The zero-order valence-electron chi connectivity index (χ0n) is 9.80. The lowest BCUT2D eigenvalue weighted by atomic mass is 10.2. The van der Waals surface area contributed by atoms with Crippen LogP contribution in [0.25, 0.3) is 0 Å². The van der Waals surface area contributed by atoms with Gasteiger partial charge < -0.3 is 18.3 Å². The van der Waals surface area contributed by atoms with Gasteiger partial charge in [0.15, 0.2) is 0 Å². The van der Waals surface area contributed by atoms with Gasteiger partial charge in [-0.2, -0.15) is 0 Å². The van der Waals surface area contributed by atoms with Crippen molar-refractivity contribution in [2.75, 3.05) is 21.3 Å². The number of ether oxygens (including phenoxy) is 2. The quantitative estimate of drug-likeness (QED) is 0.535. The molecule has 0 atom stereocenters. The number of benzene rings is 1. The van der Waals surface area contributed by atoms with Crippen molar-refractivity contribution in [2.24, 2.45) is 0 Å². The summed E-state index contributed by atoms with van der Waals surface area (Å²) in [5.74, 6) is 0. The van der Waals surface area contributed by atoms with Crippen molar-refractivity contribution in [1.82, 2.24) is 0 Å². The Morgan fingerprint density at radius 1 is 1.06 bits per heavy atom. The first kappa shape index (κ1) is 13.3. The highest BCUT2D eigenvalue weighted by Crippen LogP contribution is 2.06. The van der Waals surface area contributed by atoms with Gasteiger partial charge in [0.2, 0.25) is 0 Å². The Labute approximate surface area is 97.9 Å². The van der Waals surface area contributed by atoms with Crippen LogP contribution in [0.1, 0.15) is 5.56 Å². The zero-order valence-corrected chi connectivity index (χ0v) is 10.8. The van der Waals surface area contributed by atoms with Crippen LogP contribution in [-0.2, 0) is 24.4 Å². The molecular weight excluding hydrogens is 224 g/mol. The van der Waals surface area contributed by atoms with Crippen molar-refractivity contribution in [1.29, 1.82) is 0 Å². The number of methoxy groups -OCH3 is 2. The van der Waals surface area contributed by atoms with E-state index in [1.165, 1.54) is 19.8 Å². The van der Waals surface area contributed by atoms with E-state index < -0.39 is 15.8 Å². The Hall–Kier alpha value is -0.723. The summed E-state index contributed by atoms with van der Waals surface area (Å²) in [7, 11) is 3.30. The van der Waals surface area contributed by atoms with Crippen molar-refractivity contribution in [3.63, 3.8) is 0 Å². The molecule has 1 aromatic rings. The Bertz CT molecular complexity index is 277. The Morgan fingerprint density at radius 3 is 2.19 bits per heavy atom. The standard InChI is InChI=1S/C11H17O4Si/c1-12-11(13-2)15-16(14-3)9-10-7-5-4-6-8-10/h4-8,11H,9H2,1-3H3. The van der Waals surface area contributed by atoms with Gasteiger partial charge in [-0.1, -0.05) is 30.3 Å². The molecule has 0 aliphatic carbocycles. The summed E-state index contributed by atoms with van der Waals surface area (Å²) >= 11 is 0. The molecule has 0 N–H and O–H groups in total. The minimum Gasteiger partial charge on any atom is -0.396 e. The lowest BCUT2D eigenvalue weighted by molar-refractivity contribution is -0.227. The van der Waals surface area contributed by atoms with Gasteiger partial charge in [0.05, 0.1) is 0 Å². The second kappa shape index (κ2) is 7.53. The fourth-order valence-electron chi connectivity index (χ4n) is 1.22. The normalized spacial score (nSPS) is 11.3. The smallest absolute Gasteiger partial charge is 0.392 e. The van der Waals surface area contributed by atoms with Gasteiger partial charge in [0.25, 0.3) is 6.48 Å². The lowest BCUT2D eigenvalue weighted by Gasteiger charge is -2.19. The van der Waals surface area contributed by atoms with E-state index >= 15 is 0 Å². The number of hydrogen-bond acceptors (Lipinski definition) is 4. The summed E-state index contributed by atoms with van der Waals surface area (Å²) < 4.78 is 20.8. The van der Waals surface area contributed by atoms with Crippen LogP contribution < -0.4 is 0 Å². The Kier molecular flexibility index (Phi) is 6.28. The average molecular weight is 241 g/mol. The van der Waals surface area contributed by atoms with Gasteiger partial charge in [0, 0.05) is 27.4 Å². The van der Waals surface area contributed by atoms with Gasteiger partial charge in [-0.15, -0.1) is 0 Å². The monoisotopic (exact) mass is 241 g/mol. The van der Waals surface area contributed by atoms with Crippen LogP contribution in [0.15, 0.2) is 30.3 Å². The molecule has 4 nitrogen and oxygen atoms in total. The van der Waals surface area contributed by atoms with Crippen LogP contribution in [0.3, 0.4) is 0 Å². The van der Waals surface area contributed by atoms with Crippen LogP contribution in [0.4, 0.5) is 0 Å². The molecule has 0 saturated carbocycles. The predicted molar refractivity (Wildman–Crippen MR) is 61.8 cm³/mol. The van der Waals surface area contributed by atoms with E-state index in [1.54, 1.807) is 7.11 Å². The second-order valence-corrected chi connectivity index (χ2v) is 4.86. The van der Waals surface area contributed by atoms with Crippen LogP contribution in [-0.4, -0.2) is 37.1 Å². The highest BCUT2D eigenvalue weighted by atomic mass is 28.3. The van der Waals surface area contributed by atoms with Crippen molar-refractivity contribution in [2.45, 2.75) is 12.5 Å². The van der Waals surface area contributed by atoms with E-state index in [0.29, 0.717) is 0 Å². The molecule has 0 unspecified atom stereocenters. The third-order valence-corrected chi connectivity index (χ3v) is 3.64. The molecule has 0 aromatic heterocycles. The number of hydrogen-bond donors (Lipinski definition) is 0. The lowest BCUT2D eigenvalue weighted by Crippen LogP contribution is -2.32. The molecule has 89 valence electrons. The molecule has 0 saturated heterocycles. The van der Waals surface area contributed by atoms with Crippen LogP contribution in [0.5, 0.6) is 0 Å². The third kappa shape index (κ3) is 4.42. The molecule has 0 amide bonds. The highest BCUT2D eigenvalue weighted by molar-refractivity contribution is 6.43. The Balaban J connectivity index is 2.49. The van der Waals surface area contributed by atoms with Crippen molar-refractivity contribution >= 4 is 9.28 Å². The maximum Gasteiger partial charge on any atom is 0.392 e. The van der Waals surface area contributed by atoms with E-state index in [2.05, 4.69) is 0 Å².